The molecule has 3 fully saturated rings. The highest BCUT2D eigenvalue weighted by molar-refractivity contribution is 7.91. The van der Waals surface area contributed by atoms with E-state index in [1.54, 1.807) is 0 Å². The Bertz CT molecular complexity index is 1210. The van der Waals surface area contributed by atoms with E-state index in [2.05, 4.69) is 21.3 Å². The van der Waals surface area contributed by atoms with Gasteiger partial charge in [0.25, 0.3) is 0 Å². The average Bonchev–Trinajstić information content (AvgIpc) is 3.50. The summed E-state index contributed by atoms with van der Waals surface area (Å²) >= 11 is 1.44. The molecule has 2 aliphatic carbocycles. The lowest BCUT2D eigenvalue weighted by atomic mass is 9.76. The van der Waals surface area contributed by atoms with Crippen LogP contribution in [-0.2, 0) is 14.6 Å². The first-order chi connectivity index (χ1) is 16.3. The number of nitrogens with zero attached hydrogens (tertiary/aromatic N) is 3. The molecule has 2 heterocycles. The van der Waals surface area contributed by atoms with Crippen LogP contribution < -0.4 is 16.0 Å². The first-order valence-corrected chi connectivity index (χ1v) is 14.5. The minimum Gasteiger partial charge on any atom is -0.375 e. The molecule has 0 bridgehead atoms. The molecule has 34 heavy (non-hydrogen) atoms. The minimum absolute atomic E-state index is 0.0289. The number of benzene rings is 1. The van der Waals surface area contributed by atoms with Crippen molar-refractivity contribution in [2.45, 2.75) is 50.0 Å². The monoisotopic (exact) mass is 499 g/mol. The zero-order valence-electron chi connectivity index (χ0n) is 19.0. The second-order valence-corrected chi connectivity index (χ2v) is 13.0. The zero-order chi connectivity index (χ0) is 23.9. The Morgan fingerprint density at radius 2 is 1.85 bits per heavy atom. The summed E-state index contributed by atoms with van der Waals surface area (Å²) in [4.78, 5) is 20.9. The summed E-state index contributed by atoms with van der Waals surface area (Å²) in [6.45, 7) is 1.01. The van der Waals surface area contributed by atoms with Crippen LogP contribution >= 0.6 is 11.3 Å². The zero-order valence-corrected chi connectivity index (χ0v) is 20.6. The average molecular weight is 500 g/mol. The number of carbonyl (C=O) groups excluding carboxylic acids is 1. The highest BCUT2D eigenvalue weighted by atomic mass is 32.2. The molecule has 1 saturated heterocycles. The summed E-state index contributed by atoms with van der Waals surface area (Å²) < 4.78 is 23.5. The third kappa shape index (κ3) is 4.64. The number of sulfone groups is 1. The van der Waals surface area contributed by atoms with Gasteiger partial charge in [-0.1, -0.05) is 36.3 Å². The predicted molar refractivity (Wildman–Crippen MR) is 133 cm³/mol. The standard InChI is InChI=1S/C24H29N5O3S2/c25-15-24(9-10-24)28-22(30)19-4-2-1-3-18(19)20-21(33-23(26)27-20)16-5-7-17(8-6-16)29-11-13-34(31,32)14-12-29/h5-8,18-19H,1-4,9-14H2,(H2,26,27)(H,28,30). The Balaban J connectivity index is 1.38. The van der Waals surface area contributed by atoms with E-state index in [1.165, 1.54) is 11.3 Å². The molecule has 0 spiro atoms. The van der Waals surface area contributed by atoms with Crippen LogP contribution in [0.3, 0.4) is 0 Å². The van der Waals surface area contributed by atoms with Gasteiger partial charge in [0.1, 0.15) is 5.54 Å². The van der Waals surface area contributed by atoms with Crippen LogP contribution in [0.4, 0.5) is 10.8 Å². The Morgan fingerprint density at radius 1 is 1.18 bits per heavy atom. The summed E-state index contributed by atoms with van der Waals surface area (Å²) in [5.74, 6) is 0.0789. The second kappa shape index (κ2) is 8.86. The van der Waals surface area contributed by atoms with E-state index < -0.39 is 15.4 Å². The number of rotatable bonds is 5. The van der Waals surface area contributed by atoms with Gasteiger partial charge in [-0.05, 0) is 43.4 Å². The van der Waals surface area contributed by atoms with Crippen LogP contribution in [-0.4, -0.2) is 49.4 Å². The van der Waals surface area contributed by atoms with Gasteiger partial charge in [-0.15, -0.1) is 0 Å². The number of aromatic nitrogens is 1. The summed E-state index contributed by atoms with van der Waals surface area (Å²) in [5.41, 5.74) is 8.35. The number of nitrogens with one attached hydrogen (secondary N) is 1. The van der Waals surface area contributed by atoms with Gasteiger partial charge in [0.05, 0.1) is 28.1 Å². The van der Waals surface area contributed by atoms with E-state index in [0.717, 1.165) is 60.3 Å². The fraction of sp³-hybridized carbons (Fsp3) is 0.542. The van der Waals surface area contributed by atoms with E-state index >= 15 is 0 Å². The van der Waals surface area contributed by atoms with E-state index in [-0.39, 0.29) is 29.2 Å². The molecule has 10 heteroatoms. The largest absolute Gasteiger partial charge is 0.375 e. The quantitative estimate of drug-likeness (QED) is 0.647. The first kappa shape index (κ1) is 23.1. The van der Waals surface area contributed by atoms with Crippen molar-refractivity contribution < 1.29 is 13.2 Å². The Labute approximate surface area is 204 Å². The second-order valence-electron chi connectivity index (χ2n) is 9.63. The van der Waals surface area contributed by atoms with Gasteiger partial charge in [-0.2, -0.15) is 5.26 Å². The van der Waals surface area contributed by atoms with Crippen molar-refractivity contribution in [3.05, 3.63) is 30.0 Å². The van der Waals surface area contributed by atoms with Crippen LogP contribution in [0.1, 0.15) is 50.1 Å². The fourth-order valence-electron chi connectivity index (χ4n) is 5.09. The van der Waals surface area contributed by atoms with Crippen molar-refractivity contribution >= 4 is 37.9 Å². The maximum absolute atomic E-state index is 13.2. The Morgan fingerprint density at radius 3 is 2.50 bits per heavy atom. The molecular weight excluding hydrogens is 470 g/mol. The molecule has 1 aliphatic heterocycles. The molecule has 3 N–H and O–H groups in total. The molecule has 2 saturated carbocycles. The number of thiazole rings is 1. The maximum atomic E-state index is 13.2. The van der Waals surface area contributed by atoms with Gasteiger partial charge in [0.2, 0.25) is 5.91 Å². The van der Waals surface area contributed by atoms with Crippen LogP contribution in [0, 0.1) is 17.2 Å². The van der Waals surface area contributed by atoms with Crippen molar-refractivity contribution in [2.75, 3.05) is 35.2 Å². The number of amides is 1. The van der Waals surface area contributed by atoms with Gasteiger partial charge in [0.15, 0.2) is 15.0 Å². The molecule has 3 aliphatic rings. The smallest absolute Gasteiger partial charge is 0.225 e. The van der Waals surface area contributed by atoms with Crippen LogP contribution in [0.5, 0.6) is 0 Å². The molecule has 2 aromatic rings. The lowest BCUT2D eigenvalue weighted by molar-refractivity contribution is -0.127. The van der Waals surface area contributed by atoms with E-state index in [9.17, 15) is 18.5 Å². The number of carbonyl (C=O) groups is 1. The summed E-state index contributed by atoms with van der Waals surface area (Å²) in [6, 6.07) is 10.3. The third-order valence-electron chi connectivity index (χ3n) is 7.29. The van der Waals surface area contributed by atoms with Crippen molar-refractivity contribution in [3.8, 4) is 16.5 Å². The van der Waals surface area contributed by atoms with Crippen LogP contribution in [0.25, 0.3) is 10.4 Å². The summed E-state index contributed by atoms with van der Waals surface area (Å²) in [6.07, 6.45) is 5.11. The molecule has 0 radical (unpaired) electrons. The van der Waals surface area contributed by atoms with Crippen molar-refractivity contribution in [1.82, 2.24) is 10.3 Å². The summed E-state index contributed by atoms with van der Waals surface area (Å²) in [7, 11) is -2.92. The SMILES string of the molecule is N#CC1(NC(=O)C2CCCCC2c2nc(N)sc2-c2ccc(N3CCS(=O)(=O)CC3)cc2)CC1. The molecule has 1 aromatic heterocycles. The lowest BCUT2D eigenvalue weighted by Crippen LogP contribution is -2.42. The van der Waals surface area contributed by atoms with Crippen molar-refractivity contribution in [3.63, 3.8) is 0 Å². The molecule has 2 atom stereocenters. The third-order valence-corrected chi connectivity index (χ3v) is 9.85. The topological polar surface area (TPSA) is 129 Å². The van der Waals surface area contributed by atoms with Crippen LogP contribution in [0.15, 0.2) is 24.3 Å². The number of hydrogen-bond donors (Lipinski definition) is 2. The normalized spacial score (nSPS) is 25.3. The van der Waals surface area contributed by atoms with Crippen molar-refractivity contribution in [1.29, 1.82) is 5.26 Å². The number of nitrogens with two attached hydrogens (primary N) is 1. The first-order valence-electron chi connectivity index (χ1n) is 11.8. The Hall–Kier alpha value is -2.64. The molecule has 2 unspecified atom stereocenters. The number of nitriles is 1. The summed E-state index contributed by atoms with van der Waals surface area (Å²) in [5, 5.41) is 12.9. The van der Waals surface area contributed by atoms with E-state index in [1.807, 2.05) is 24.3 Å². The van der Waals surface area contributed by atoms with Gasteiger partial charge in [-0.3, -0.25) is 4.79 Å². The number of nitrogen functional groups attached to an aromatic ring is 1. The highest BCUT2D eigenvalue weighted by Gasteiger charge is 2.47. The van der Waals surface area contributed by atoms with Crippen LogP contribution in [0.2, 0.25) is 0 Å². The Kier molecular flexibility index (Phi) is 6.02. The lowest BCUT2D eigenvalue weighted by Gasteiger charge is -2.31. The van der Waals surface area contributed by atoms with Gasteiger partial charge in [-0.25, -0.2) is 13.4 Å². The number of anilines is 2. The minimum atomic E-state index is -2.92. The van der Waals surface area contributed by atoms with E-state index in [0.29, 0.717) is 18.2 Å². The van der Waals surface area contributed by atoms with Crippen molar-refractivity contribution in [2.24, 2.45) is 5.92 Å². The molecule has 8 nitrogen and oxygen atoms in total. The van der Waals surface area contributed by atoms with Gasteiger partial charge >= 0.3 is 0 Å². The molecular formula is C24H29N5O3S2. The number of hydrogen-bond acceptors (Lipinski definition) is 8. The van der Waals surface area contributed by atoms with E-state index in [4.69, 9.17) is 5.73 Å². The highest BCUT2D eigenvalue weighted by Crippen LogP contribution is 2.45. The molecule has 1 amide bonds. The van der Waals surface area contributed by atoms with Gasteiger partial charge in [0, 0.05) is 30.6 Å². The molecule has 5 rings (SSSR count). The molecule has 180 valence electrons. The fourth-order valence-corrected chi connectivity index (χ4v) is 7.20. The van der Waals surface area contributed by atoms with Gasteiger partial charge < -0.3 is 16.0 Å². The molecule has 1 aromatic carbocycles. The predicted octanol–water partition coefficient (Wildman–Crippen LogP) is 3.07. The maximum Gasteiger partial charge on any atom is 0.225 e.